The third kappa shape index (κ3) is 4.49. The normalized spacial score (nSPS) is 24.2. The highest BCUT2D eigenvalue weighted by Crippen LogP contribution is 2.14. The zero-order valence-electron chi connectivity index (χ0n) is 10.4. The lowest BCUT2D eigenvalue weighted by molar-refractivity contribution is -0.136. The van der Waals surface area contributed by atoms with E-state index in [2.05, 4.69) is 24.1 Å². The topological polar surface area (TPSA) is 52.6 Å². The number of hydrogen-bond donors (Lipinski definition) is 2. The Morgan fingerprint density at radius 2 is 2.38 bits per heavy atom. The molecule has 2 atom stereocenters. The molecule has 1 fully saturated rings. The smallest absolute Gasteiger partial charge is 0.304 e. The molecule has 0 aromatic heterocycles. The van der Waals surface area contributed by atoms with Crippen LogP contribution in [-0.4, -0.2) is 47.7 Å². The molecule has 1 aliphatic heterocycles. The van der Waals surface area contributed by atoms with Crippen molar-refractivity contribution in [3.8, 4) is 0 Å². The fourth-order valence-corrected chi connectivity index (χ4v) is 2.21. The number of piperidine rings is 1. The summed E-state index contributed by atoms with van der Waals surface area (Å²) in [6.45, 7) is 7.32. The first-order valence-corrected chi connectivity index (χ1v) is 6.32. The van der Waals surface area contributed by atoms with Crippen LogP contribution in [0.25, 0.3) is 0 Å². The van der Waals surface area contributed by atoms with Crippen LogP contribution in [0.1, 0.15) is 39.5 Å². The maximum Gasteiger partial charge on any atom is 0.304 e. The Balaban J connectivity index is 2.24. The SMILES string of the molecule is CCC(C)N1CCCC(NCCC(=O)O)C1. The van der Waals surface area contributed by atoms with Crippen molar-refractivity contribution in [3.63, 3.8) is 0 Å². The van der Waals surface area contributed by atoms with E-state index in [1.54, 1.807) is 0 Å². The summed E-state index contributed by atoms with van der Waals surface area (Å²) >= 11 is 0. The van der Waals surface area contributed by atoms with Gasteiger partial charge in [-0.1, -0.05) is 6.92 Å². The highest BCUT2D eigenvalue weighted by Gasteiger charge is 2.22. The Labute approximate surface area is 98.0 Å². The molecule has 4 heteroatoms. The van der Waals surface area contributed by atoms with Crippen LogP contribution in [-0.2, 0) is 4.79 Å². The van der Waals surface area contributed by atoms with Gasteiger partial charge >= 0.3 is 5.97 Å². The third-order valence-electron chi connectivity index (χ3n) is 3.44. The van der Waals surface area contributed by atoms with Gasteiger partial charge in [0.2, 0.25) is 0 Å². The lowest BCUT2D eigenvalue weighted by Crippen LogP contribution is -2.49. The van der Waals surface area contributed by atoms with Crippen LogP contribution in [0.3, 0.4) is 0 Å². The molecule has 4 nitrogen and oxygen atoms in total. The van der Waals surface area contributed by atoms with Crippen LogP contribution in [0.4, 0.5) is 0 Å². The standard InChI is InChI=1S/C12H24N2O2/c1-3-10(2)14-8-4-5-11(9-14)13-7-6-12(15)16/h10-11,13H,3-9H2,1-2H3,(H,15,16). The van der Waals surface area contributed by atoms with Crippen LogP contribution in [0.2, 0.25) is 0 Å². The van der Waals surface area contributed by atoms with Gasteiger partial charge < -0.3 is 10.4 Å². The van der Waals surface area contributed by atoms with Gasteiger partial charge in [-0.3, -0.25) is 9.69 Å². The lowest BCUT2D eigenvalue weighted by atomic mass is 10.0. The zero-order valence-corrected chi connectivity index (χ0v) is 10.4. The third-order valence-corrected chi connectivity index (χ3v) is 3.44. The second-order valence-corrected chi connectivity index (χ2v) is 4.69. The number of hydrogen-bond acceptors (Lipinski definition) is 3. The monoisotopic (exact) mass is 228 g/mol. The second kappa shape index (κ2) is 6.86. The van der Waals surface area contributed by atoms with E-state index in [1.807, 2.05) is 0 Å². The van der Waals surface area contributed by atoms with Crippen molar-refractivity contribution in [2.75, 3.05) is 19.6 Å². The number of carboxylic acid groups (broad SMARTS) is 1. The van der Waals surface area contributed by atoms with Gasteiger partial charge in [-0.15, -0.1) is 0 Å². The number of carbonyl (C=O) groups is 1. The van der Waals surface area contributed by atoms with E-state index in [0.717, 1.165) is 6.54 Å². The van der Waals surface area contributed by atoms with Gasteiger partial charge in [0, 0.05) is 25.2 Å². The van der Waals surface area contributed by atoms with Crippen LogP contribution >= 0.6 is 0 Å². The number of nitrogens with zero attached hydrogens (tertiary/aromatic N) is 1. The minimum atomic E-state index is -0.720. The fraction of sp³-hybridized carbons (Fsp3) is 0.917. The highest BCUT2D eigenvalue weighted by atomic mass is 16.4. The van der Waals surface area contributed by atoms with Gasteiger partial charge in [0.25, 0.3) is 0 Å². The molecule has 94 valence electrons. The Morgan fingerprint density at radius 3 is 3.00 bits per heavy atom. The van der Waals surface area contributed by atoms with Crippen molar-refractivity contribution in [3.05, 3.63) is 0 Å². The number of nitrogens with one attached hydrogen (secondary N) is 1. The molecule has 0 aliphatic carbocycles. The van der Waals surface area contributed by atoms with Gasteiger partial charge in [-0.25, -0.2) is 0 Å². The van der Waals surface area contributed by atoms with Crippen LogP contribution in [0.5, 0.6) is 0 Å². The molecule has 16 heavy (non-hydrogen) atoms. The molecule has 1 saturated heterocycles. The van der Waals surface area contributed by atoms with Crippen LogP contribution in [0, 0.1) is 0 Å². The maximum atomic E-state index is 10.4. The molecule has 2 unspecified atom stereocenters. The summed E-state index contributed by atoms with van der Waals surface area (Å²) in [6, 6.07) is 1.12. The van der Waals surface area contributed by atoms with E-state index in [4.69, 9.17) is 5.11 Å². The Kier molecular flexibility index (Phi) is 5.77. The number of carboxylic acids is 1. The van der Waals surface area contributed by atoms with Crippen molar-refractivity contribution in [1.29, 1.82) is 0 Å². The maximum absolute atomic E-state index is 10.4. The zero-order chi connectivity index (χ0) is 12.0. The molecule has 0 aromatic carbocycles. The lowest BCUT2D eigenvalue weighted by Gasteiger charge is -2.36. The number of rotatable bonds is 6. The molecule has 1 aliphatic rings. The van der Waals surface area contributed by atoms with Crippen molar-refractivity contribution in [2.24, 2.45) is 0 Å². The van der Waals surface area contributed by atoms with Gasteiger partial charge in [-0.2, -0.15) is 0 Å². The molecule has 1 heterocycles. The molecular formula is C12H24N2O2. The predicted molar refractivity (Wildman–Crippen MR) is 64.6 cm³/mol. The second-order valence-electron chi connectivity index (χ2n) is 4.69. The van der Waals surface area contributed by atoms with Crippen molar-refractivity contribution >= 4 is 5.97 Å². The van der Waals surface area contributed by atoms with Gasteiger partial charge in [0.05, 0.1) is 6.42 Å². The van der Waals surface area contributed by atoms with E-state index in [0.29, 0.717) is 18.6 Å². The molecule has 0 saturated carbocycles. The minimum absolute atomic E-state index is 0.222. The van der Waals surface area contributed by atoms with Gasteiger partial charge in [0.15, 0.2) is 0 Å². The summed E-state index contributed by atoms with van der Waals surface area (Å²) in [7, 11) is 0. The summed E-state index contributed by atoms with van der Waals surface area (Å²) < 4.78 is 0. The first-order chi connectivity index (χ1) is 7.63. The highest BCUT2D eigenvalue weighted by molar-refractivity contribution is 5.66. The Bertz CT molecular complexity index is 221. The molecule has 2 N–H and O–H groups in total. The number of aliphatic carboxylic acids is 1. The molecule has 0 amide bonds. The summed E-state index contributed by atoms with van der Waals surface area (Å²) in [5.74, 6) is -0.720. The summed E-state index contributed by atoms with van der Waals surface area (Å²) in [5.41, 5.74) is 0. The average molecular weight is 228 g/mol. The van der Waals surface area contributed by atoms with E-state index >= 15 is 0 Å². The van der Waals surface area contributed by atoms with Gasteiger partial charge in [0.1, 0.15) is 0 Å². The van der Waals surface area contributed by atoms with Crippen LogP contribution in [0.15, 0.2) is 0 Å². The molecule has 0 radical (unpaired) electrons. The molecular weight excluding hydrogens is 204 g/mol. The molecule has 0 spiro atoms. The minimum Gasteiger partial charge on any atom is -0.481 e. The Morgan fingerprint density at radius 1 is 1.62 bits per heavy atom. The van der Waals surface area contributed by atoms with Crippen molar-refractivity contribution < 1.29 is 9.90 Å². The van der Waals surface area contributed by atoms with E-state index in [1.165, 1.54) is 25.8 Å². The summed E-state index contributed by atoms with van der Waals surface area (Å²) in [4.78, 5) is 12.9. The first kappa shape index (κ1) is 13.5. The van der Waals surface area contributed by atoms with E-state index < -0.39 is 5.97 Å². The molecule has 1 rings (SSSR count). The quantitative estimate of drug-likeness (QED) is 0.720. The van der Waals surface area contributed by atoms with Gasteiger partial charge in [-0.05, 0) is 32.7 Å². The molecule has 0 bridgehead atoms. The summed E-state index contributed by atoms with van der Waals surface area (Å²) in [6.07, 6.45) is 3.79. The fourth-order valence-electron chi connectivity index (χ4n) is 2.21. The van der Waals surface area contributed by atoms with Crippen LogP contribution < -0.4 is 5.32 Å². The van der Waals surface area contributed by atoms with E-state index in [9.17, 15) is 4.79 Å². The Hall–Kier alpha value is -0.610. The predicted octanol–water partition coefficient (Wildman–Crippen LogP) is 1.31. The molecule has 0 aromatic rings. The van der Waals surface area contributed by atoms with Crippen molar-refractivity contribution in [2.45, 2.75) is 51.6 Å². The van der Waals surface area contributed by atoms with E-state index in [-0.39, 0.29) is 6.42 Å². The summed E-state index contributed by atoms with van der Waals surface area (Å²) in [5, 5.41) is 11.9. The van der Waals surface area contributed by atoms with Crippen molar-refractivity contribution in [1.82, 2.24) is 10.2 Å². The largest absolute Gasteiger partial charge is 0.481 e. The first-order valence-electron chi connectivity index (χ1n) is 6.32. The average Bonchev–Trinajstić information content (AvgIpc) is 2.28. The number of likely N-dealkylation sites (tertiary alicyclic amines) is 1.